The molecule has 2 unspecified atom stereocenters. The Kier molecular flexibility index (Phi) is 6.46. The van der Waals surface area contributed by atoms with Gasteiger partial charge in [-0.05, 0) is 68.3 Å². The maximum absolute atomic E-state index is 5.98. The first-order valence-corrected chi connectivity index (χ1v) is 8.80. The molecule has 0 amide bonds. The highest BCUT2D eigenvalue weighted by atomic mass is 15.1. The van der Waals surface area contributed by atoms with Crippen LogP contribution in [0.25, 0.3) is 0 Å². The molecule has 1 fully saturated rings. The number of nitrogens with two attached hydrogens (primary N) is 1. The van der Waals surface area contributed by atoms with Crippen LogP contribution in [0.4, 0.5) is 5.69 Å². The first kappa shape index (κ1) is 17.8. The summed E-state index contributed by atoms with van der Waals surface area (Å²) < 4.78 is 0. The lowest BCUT2D eigenvalue weighted by atomic mass is 9.92. The van der Waals surface area contributed by atoms with Gasteiger partial charge in [0.2, 0.25) is 0 Å². The van der Waals surface area contributed by atoms with Gasteiger partial charge >= 0.3 is 0 Å². The quantitative estimate of drug-likeness (QED) is 0.497. The predicted molar refractivity (Wildman–Crippen MR) is 100 cm³/mol. The average Bonchev–Trinajstić information content (AvgIpc) is 2.46. The van der Waals surface area contributed by atoms with E-state index in [1.807, 2.05) is 6.07 Å². The smallest absolute Gasteiger partial charge is 0.193 e. The minimum Gasteiger partial charge on any atom is -0.370 e. The third kappa shape index (κ3) is 5.87. The summed E-state index contributed by atoms with van der Waals surface area (Å²) >= 11 is 0. The topological polar surface area (TPSA) is 53.6 Å². The molecule has 23 heavy (non-hydrogen) atoms. The van der Waals surface area contributed by atoms with Crippen molar-refractivity contribution in [1.82, 2.24) is 4.90 Å². The largest absolute Gasteiger partial charge is 0.370 e. The van der Waals surface area contributed by atoms with Crippen molar-refractivity contribution in [2.75, 3.05) is 31.5 Å². The second-order valence-electron chi connectivity index (χ2n) is 7.25. The molecule has 3 N–H and O–H groups in total. The number of aliphatic imine (C=N–C) groups is 1. The van der Waals surface area contributed by atoms with E-state index >= 15 is 0 Å². The van der Waals surface area contributed by atoms with Crippen molar-refractivity contribution >= 4 is 11.6 Å². The second-order valence-corrected chi connectivity index (χ2v) is 7.25. The van der Waals surface area contributed by atoms with Gasteiger partial charge in [-0.25, -0.2) is 0 Å². The molecule has 2 rings (SSSR count). The lowest BCUT2D eigenvalue weighted by molar-refractivity contribution is 0.140. The van der Waals surface area contributed by atoms with E-state index < -0.39 is 0 Å². The fraction of sp³-hybridized carbons (Fsp3) is 0.632. The molecule has 0 saturated carbocycles. The minimum atomic E-state index is 0.508. The molecule has 0 aromatic heterocycles. The Morgan fingerprint density at radius 1 is 1.22 bits per heavy atom. The van der Waals surface area contributed by atoms with Gasteiger partial charge in [-0.3, -0.25) is 4.99 Å². The number of hydrogen-bond donors (Lipinski definition) is 2. The molecule has 1 heterocycles. The highest BCUT2D eigenvalue weighted by Crippen LogP contribution is 2.20. The molecular weight excluding hydrogens is 284 g/mol. The van der Waals surface area contributed by atoms with Crippen LogP contribution in [-0.4, -0.2) is 37.0 Å². The van der Waals surface area contributed by atoms with E-state index in [9.17, 15) is 0 Å². The summed E-state index contributed by atoms with van der Waals surface area (Å²) in [7, 11) is 0. The van der Waals surface area contributed by atoms with Crippen LogP contribution in [0, 0.1) is 25.7 Å². The molecule has 1 aliphatic rings. The third-order valence-corrected chi connectivity index (χ3v) is 4.64. The van der Waals surface area contributed by atoms with Crippen molar-refractivity contribution in [2.45, 2.75) is 40.5 Å². The van der Waals surface area contributed by atoms with E-state index in [1.165, 1.54) is 30.6 Å². The summed E-state index contributed by atoms with van der Waals surface area (Å²) in [6.45, 7) is 13.3. The van der Waals surface area contributed by atoms with E-state index in [-0.39, 0.29) is 0 Å². The zero-order chi connectivity index (χ0) is 16.8. The molecular formula is C19H32N4. The number of anilines is 1. The number of guanidine groups is 1. The van der Waals surface area contributed by atoms with Crippen LogP contribution >= 0.6 is 0 Å². The van der Waals surface area contributed by atoms with Crippen molar-refractivity contribution in [3.8, 4) is 0 Å². The fourth-order valence-electron chi connectivity index (χ4n) is 3.48. The lowest BCUT2D eigenvalue weighted by Gasteiger charge is -2.34. The monoisotopic (exact) mass is 316 g/mol. The number of nitrogens with zero attached hydrogens (tertiary/aromatic N) is 2. The van der Waals surface area contributed by atoms with Crippen LogP contribution < -0.4 is 11.1 Å². The van der Waals surface area contributed by atoms with E-state index in [2.05, 4.69) is 55.0 Å². The first-order valence-electron chi connectivity index (χ1n) is 8.80. The van der Waals surface area contributed by atoms with Gasteiger partial charge in [0.1, 0.15) is 0 Å². The second kappa shape index (κ2) is 8.34. The summed E-state index contributed by atoms with van der Waals surface area (Å²) in [5, 5.41) is 3.18. The van der Waals surface area contributed by atoms with Crippen LogP contribution in [0.3, 0.4) is 0 Å². The molecule has 1 aromatic rings. The third-order valence-electron chi connectivity index (χ3n) is 4.64. The summed E-state index contributed by atoms with van der Waals surface area (Å²) in [5.74, 6) is 2.14. The number of nitrogens with one attached hydrogen (secondary N) is 1. The zero-order valence-electron chi connectivity index (χ0n) is 15.1. The van der Waals surface area contributed by atoms with Crippen LogP contribution in [0.15, 0.2) is 23.2 Å². The summed E-state index contributed by atoms with van der Waals surface area (Å²) in [5.41, 5.74) is 9.54. The highest BCUT2D eigenvalue weighted by molar-refractivity contribution is 5.92. The van der Waals surface area contributed by atoms with Gasteiger partial charge in [0.25, 0.3) is 0 Å². The summed E-state index contributed by atoms with van der Waals surface area (Å²) in [4.78, 5) is 7.02. The fourth-order valence-corrected chi connectivity index (χ4v) is 3.48. The molecule has 2 atom stereocenters. The molecule has 4 heteroatoms. The highest BCUT2D eigenvalue weighted by Gasteiger charge is 2.20. The minimum absolute atomic E-state index is 0.508. The maximum atomic E-state index is 5.98. The maximum Gasteiger partial charge on any atom is 0.193 e. The number of rotatable bonds is 5. The molecule has 0 aliphatic carbocycles. The number of likely N-dealkylation sites (tertiary alicyclic amines) is 1. The Morgan fingerprint density at radius 2 is 1.91 bits per heavy atom. The van der Waals surface area contributed by atoms with Crippen molar-refractivity contribution in [1.29, 1.82) is 0 Å². The average molecular weight is 316 g/mol. The number of aryl methyl sites for hydroxylation is 2. The van der Waals surface area contributed by atoms with Crippen LogP contribution in [0.5, 0.6) is 0 Å². The van der Waals surface area contributed by atoms with Crippen molar-refractivity contribution < 1.29 is 0 Å². The Labute approximate surface area is 141 Å². The van der Waals surface area contributed by atoms with Gasteiger partial charge < -0.3 is 16.0 Å². The summed E-state index contributed by atoms with van der Waals surface area (Å²) in [6, 6.07) is 6.25. The van der Waals surface area contributed by atoms with Gasteiger partial charge in [-0.1, -0.05) is 19.9 Å². The Hall–Kier alpha value is -1.55. The van der Waals surface area contributed by atoms with E-state index in [0.29, 0.717) is 5.96 Å². The SMILES string of the molecule is Cc1ccc(NC(N)=NCCCN2CC(C)CC(C)C2)cc1C. The number of piperidine rings is 1. The Balaban J connectivity index is 1.73. The molecule has 1 aromatic carbocycles. The van der Waals surface area contributed by atoms with Crippen molar-refractivity contribution in [2.24, 2.45) is 22.6 Å². The van der Waals surface area contributed by atoms with Gasteiger partial charge in [0.15, 0.2) is 5.96 Å². The predicted octanol–water partition coefficient (Wildman–Crippen LogP) is 3.40. The first-order chi connectivity index (χ1) is 10.9. The van der Waals surface area contributed by atoms with Crippen LogP contribution in [0.1, 0.15) is 37.8 Å². The molecule has 0 spiro atoms. The van der Waals surface area contributed by atoms with Crippen molar-refractivity contribution in [3.05, 3.63) is 29.3 Å². The molecule has 0 bridgehead atoms. The van der Waals surface area contributed by atoms with Gasteiger partial charge in [-0.15, -0.1) is 0 Å². The van der Waals surface area contributed by atoms with Gasteiger partial charge in [-0.2, -0.15) is 0 Å². The van der Waals surface area contributed by atoms with Crippen LogP contribution in [0.2, 0.25) is 0 Å². The number of hydrogen-bond acceptors (Lipinski definition) is 2. The molecule has 1 aliphatic heterocycles. The molecule has 0 radical (unpaired) electrons. The van der Waals surface area contributed by atoms with Crippen molar-refractivity contribution in [3.63, 3.8) is 0 Å². The summed E-state index contributed by atoms with van der Waals surface area (Å²) in [6.07, 6.45) is 2.43. The standard InChI is InChI=1S/C19H32N4/c1-14-10-15(2)13-23(12-14)9-5-8-21-19(20)22-18-7-6-16(3)17(4)11-18/h6-7,11,14-15H,5,8-10,12-13H2,1-4H3,(H3,20,21,22). The molecule has 128 valence electrons. The zero-order valence-corrected chi connectivity index (χ0v) is 15.1. The van der Waals surface area contributed by atoms with E-state index in [1.54, 1.807) is 0 Å². The molecule has 1 saturated heterocycles. The lowest BCUT2D eigenvalue weighted by Crippen LogP contribution is -2.39. The van der Waals surface area contributed by atoms with Gasteiger partial charge in [0, 0.05) is 25.3 Å². The Morgan fingerprint density at radius 3 is 2.57 bits per heavy atom. The van der Waals surface area contributed by atoms with Crippen LogP contribution in [-0.2, 0) is 0 Å². The van der Waals surface area contributed by atoms with Gasteiger partial charge in [0.05, 0.1) is 0 Å². The van der Waals surface area contributed by atoms with E-state index in [4.69, 9.17) is 5.73 Å². The molecule has 4 nitrogen and oxygen atoms in total. The number of benzene rings is 1. The van der Waals surface area contributed by atoms with E-state index in [0.717, 1.165) is 37.0 Å². The Bertz CT molecular complexity index is 528. The normalized spacial score (nSPS) is 23.0.